The van der Waals surface area contributed by atoms with Crippen LogP contribution in [-0.2, 0) is 0 Å². The first-order chi connectivity index (χ1) is 8.85. The van der Waals surface area contributed by atoms with Gasteiger partial charge in [0.15, 0.2) is 0 Å². The monoisotopic (exact) mass is 273 g/mol. The van der Waals surface area contributed by atoms with Crippen LogP contribution in [0.3, 0.4) is 0 Å². The van der Waals surface area contributed by atoms with E-state index < -0.39 is 6.36 Å². The van der Waals surface area contributed by atoms with Crippen LogP contribution in [0.1, 0.15) is 37.8 Å². The molecule has 1 aromatic rings. The van der Waals surface area contributed by atoms with E-state index in [0.29, 0.717) is 17.4 Å². The highest BCUT2D eigenvalue weighted by atomic mass is 19.4. The van der Waals surface area contributed by atoms with E-state index in [0.717, 1.165) is 19.3 Å². The lowest BCUT2D eigenvalue weighted by Crippen LogP contribution is -2.20. The van der Waals surface area contributed by atoms with Gasteiger partial charge in [-0.25, -0.2) is 0 Å². The lowest BCUT2D eigenvalue weighted by molar-refractivity contribution is -0.274. The number of hydrogen-bond acceptors (Lipinski definition) is 2. The summed E-state index contributed by atoms with van der Waals surface area (Å²) in [6.45, 7) is 2.18. The first-order valence-corrected chi connectivity index (χ1v) is 6.46. The van der Waals surface area contributed by atoms with Crippen molar-refractivity contribution in [3.05, 3.63) is 29.8 Å². The Labute approximate surface area is 110 Å². The summed E-state index contributed by atoms with van der Waals surface area (Å²) in [5.74, 6) is 0.785. The fourth-order valence-corrected chi connectivity index (χ4v) is 2.77. The van der Waals surface area contributed by atoms with Gasteiger partial charge in [0.25, 0.3) is 0 Å². The van der Waals surface area contributed by atoms with Crippen LogP contribution in [0.4, 0.5) is 13.2 Å². The smallest absolute Gasteiger partial charge is 0.406 e. The van der Waals surface area contributed by atoms with E-state index >= 15 is 0 Å². The molecule has 0 bridgehead atoms. The Balaban J connectivity index is 2.10. The van der Waals surface area contributed by atoms with Crippen LogP contribution in [0.15, 0.2) is 24.3 Å². The Morgan fingerprint density at radius 3 is 2.63 bits per heavy atom. The molecular weight excluding hydrogens is 255 g/mol. The molecule has 0 heterocycles. The van der Waals surface area contributed by atoms with E-state index in [1.54, 1.807) is 12.1 Å². The zero-order valence-electron chi connectivity index (χ0n) is 10.8. The number of nitrogens with two attached hydrogens (primary N) is 1. The summed E-state index contributed by atoms with van der Waals surface area (Å²) in [4.78, 5) is 0. The molecule has 3 atom stereocenters. The minimum Gasteiger partial charge on any atom is -0.406 e. The number of ether oxygens (including phenoxy) is 1. The normalized spacial score (nSPS) is 25.3. The molecule has 5 heteroatoms. The molecule has 2 N–H and O–H groups in total. The molecule has 0 aliphatic heterocycles. The van der Waals surface area contributed by atoms with Gasteiger partial charge in [-0.1, -0.05) is 25.5 Å². The van der Waals surface area contributed by atoms with E-state index in [1.807, 2.05) is 0 Å². The first kappa shape index (κ1) is 14.2. The van der Waals surface area contributed by atoms with Crippen LogP contribution in [0.5, 0.6) is 5.75 Å². The highest BCUT2D eigenvalue weighted by Gasteiger charge is 2.32. The molecule has 1 aliphatic rings. The average molecular weight is 273 g/mol. The van der Waals surface area contributed by atoms with Crippen LogP contribution in [-0.4, -0.2) is 6.36 Å². The van der Waals surface area contributed by atoms with Gasteiger partial charge in [-0.05, 0) is 42.4 Å². The van der Waals surface area contributed by atoms with Gasteiger partial charge in [0.05, 0.1) is 0 Å². The third-order valence-corrected chi connectivity index (χ3v) is 3.72. The van der Waals surface area contributed by atoms with Gasteiger partial charge < -0.3 is 10.5 Å². The second-order valence-electron chi connectivity index (χ2n) is 5.32. The van der Waals surface area contributed by atoms with Crippen molar-refractivity contribution in [3.8, 4) is 5.75 Å². The van der Waals surface area contributed by atoms with Crippen LogP contribution in [0, 0.1) is 11.8 Å². The van der Waals surface area contributed by atoms with Crippen LogP contribution >= 0.6 is 0 Å². The lowest BCUT2D eigenvalue weighted by atomic mass is 9.92. The molecule has 1 saturated carbocycles. The minimum atomic E-state index is -4.66. The maximum atomic E-state index is 12.2. The van der Waals surface area contributed by atoms with Gasteiger partial charge in [-0.3, -0.25) is 0 Å². The van der Waals surface area contributed by atoms with Gasteiger partial charge in [-0.15, -0.1) is 13.2 Å². The average Bonchev–Trinajstić information content (AvgIpc) is 2.73. The Hall–Kier alpha value is -1.23. The number of halogens is 3. The zero-order valence-corrected chi connectivity index (χ0v) is 10.8. The molecule has 106 valence electrons. The van der Waals surface area contributed by atoms with Gasteiger partial charge >= 0.3 is 6.36 Å². The highest BCUT2D eigenvalue weighted by Crippen LogP contribution is 2.38. The van der Waals surface area contributed by atoms with Gasteiger partial charge in [0.1, 0.15) is 5.75 Å². The van der Waals surface area contributed by atoms with Crippen molar-refractivity contribution in [2.75, 3.05) is 0 Å². The molecule has 0 spiro atoms. The number of alkyl halides is 3. The molecule has 1 aromatic carbocycles. The minimum absolute atomic E-state index is 0.202. The Morgan fingerprint density at radius 2 is 2.05 bits per heavy atom. The van der Waals surface area contributed by atoms with Crippen LogP contribution in [0.2, 0.25) is 0 Å². The predicted octanol–water partition coefficient (Wildman–Crippen LogP) is 4.02. The van der Waals surface area contributed by atoms with Gasteiger partial charge in [0, 0.05) is 6.04 Å². The summed E-state index contributed by atoms with van der Waals surface area (Å²) < 4.78 is 40.4. The number of rotatable bonds is 3. The van der Waals surface area contributed by atoms with Crippen molar-refractivity contribution in [2.45, 2.75) is 38.6 Å². The van der Waals surface area contributed by atoms with Crippen molar-refractivity contribution in [2.24, 2.45) is 17.6 Å². The van der Waals surface area contributed by atoms with Crippen molar-refractivity contribution in [1.82, 2.24) is 0 Å². The van der Waals surface area contributed by atoms with E-state index in [4.69, 9.17) is 5.73 Å². The summed E-state index contributed by atoms with van der Waals surface area (Å²) >= 11 is 0. The Kier molecular flexibility index (Phi) is 4.04. The molecule has 2 nitrogen and oxygen atoms in total. The predicted molar refractivity (Wildman–Crippen MR) is 66.6 cm³/mol. The molecule has 1 fully saturated rings. The summed E-state index contributed by atoms with van der Waals surface area (Å²) in [6.07, 6.45) is -1.46. The topological polar surface area (TPSA) is 35.2 Å². The standard InChI is InChI=1S/C14H18F3NO/c1-9-5-6-11(7-9)13(18)10-3-2-4-12(8-10)19-14(15,16)17/h2-4,8-9,11,13H,5-7,18H2,1H3. The van der Waals surface area contributed by atoms with E-state index in [-0.39, 0.29) is 11.8 Å². The summed E-state index contributed by atoms with van der Waals surface area (Å²) in [5.41, 5.74) is 6.87. The van der Waals surface area contributed by atoms with Crippen LogP contribution < -0.4 is 10.5 Å². The Bertz CT molecular complexity index is 433. The van der Waals surface area contributed by atoms with E-state index in [9.17, 15) is 13.2 Å². The second kappa shape index (κ2) is 5.41. The summed E-state index contributed by atoms with van der Waals surface area (Å²) in [6, 6.07) is 5.77. The van der Waals surface area contributed by atoms with Crippen LogP contribution in [0.25, 0.3) is 0 Å². The molecule has 0 amide bonds. The maximum absolute atomic E-state index is 12.2. The molecule has 1 aliphatic carbocycles. The van der Waals surface area contributed by atoms with Crippen molar-refractivity contribution in [1.29, 1.82) is 0 Å². The van der Waals surface area contributed by atoms with Gasteiger partial charge in [-0.2, -0.15) is 0 Å². The maximum Gasteiger partial charge on any atom is 0.573 e. The fraction of sp³-hybridized carbons (Fsp3) is 0.571. The number of benzene rings is 1. The zero-order chi connectivity index (χ0) is 14.0. The summed E-state index contributed by atoms with van der Waals surface area (Å²) in [7, 11) is 0. The number of hydrogen-bond donors (Lipinski definition) is 1. The SMILES string of the molecule is CC1CCC(C(N)c2cccc(OC(F)(F)F)c2)C1. The van der Waals surface area contributed by atoms with Crippen molar-refractivity contribution in [3.63, 3.8) is 0 Å². The molecule has 3 unspecified atom stereocenters. The molecule has 19 heavy (non-hydrogen) atoms. The lowest BCUT2D eigenvalue weighted by Gasteiger charge is -2.20. The van der Waals surface area contributed by atoms with Gasteiger partial charge in [0.2, 0.25) is 0 Å². The van der Waals surface area contributed by atoms with Crippen molar-refractivity contribution < 1.29 is 17.9 Å². The second-order valence-corrected chi connectivity index (χ2v) is 5.32. The summed E-state index contributed by atoms with van der Waals surface area (Å²) in [5, 5.41) is 0. The highest BCUT2D eigenvalue weighted by molar-refractivity contribution is 5.31. The molecule has 0 radical (unpaired) electrons. The molecular formula is C14H18F3NO. The Morgan fingerprint density at radius 1 is 1.32 bits per heavy atom. The largest absolute Gasteiger partial charge is 0.573 e. The van der Waals surface area contributed by atoms with E-state index in [1.165, 1.54) is 12.1 Å². The van der Waals surface area contributed by atoms with Crippen molar-refractivity contribution >= 4 is 0 Å². The molecule has 0 saturated heterocycles. The third kappa shape index (κ3) is 3.86. The molecule has 2 rings (SSSR count). The van der Waals surface area contributed by atoms with E-state index in [2.05, 4.69) is 11.7 Å². The first-order valence-electron chi connectivity index (χ1n) is 6.46. The fourth-order valence-electron chi connectivity index (χ4n) is 2.77. The third-order valence-electron chi connectivity index (χ3n) is 3.72. The molecule has 0 aromatic heterocycles. The quantitative estimate of drug-likeness (QED) is 0.902.